The zero-order valence-electron chi connectivity index (χ0n) is 8.21. The zero-order chi connectivity index (χ0) is 12.1. The minimum atomic E-state index is -0.646. The van der Waals surface area contributed by atoms with Gasteiger partial charge in [-0.15, -0.1) is 11.6 Å². The maximum Gasteiger partial charge on any atom is 0.235 e. The summed E-state index contributed by atoms with van der Waals surface area (Å²) in [6, 6.07) is 4.31. The lowest BCUT2D eigenvalue weighted by Gasteiger charge is -2.18. The smallest absolute Gasteiger partial charge is 0.235 e. The molecule has 0 aliphatic heterocycles. The van der Waals surface area contributed by atoms with E-state index in [1.165, 1.54) is 0 Å². The number of amides is 1. The molecule has 2 N–H and O–H groups in total. The Hall–Kier alpha value is -0.480. The third kappa shape index (κ3) is 3.25. The molecule has 3 nitrogen and oxygen atoms in total. The first-order valence-electron chi connectivity index (χ1n) is 4.50. The van der Waals surface area contributed by atoms with Gasteiger partial charge in [-0.25, -0.2) is 0 Å². The molecule has 1 aromatic rings. The molecule has 0 aliphatic rings. The normalized spacial score (nSPS) is 12.2. The molecule has 1 aromatic carbocycles. The first-order chi connectivity index (χ1) is 7.60. The van der Waals surface area contributed by atoms with Crippen LogP contribution in [-0.4, -0.2) is 23.5 Å². The van der Waals surface area contributed by atoms with Crippen LogP contribution in [0.25, 0.3) is 0 Å². The predicted molar refractivity (Wildman–Crippen MR) is 65.2 cm³/mol. The van der Waals surface area contributed by atoms with Crippen molar-refractivity contribution < 1.29 is 9.90 Å². The highest BCUT2D eigenvalue weighted by Gasteiger charge is 2.18. The number of benzene rings is 1. The number of hydrogen-bond donors (Lipinski definition) is 2. The van der Waals surface area contributed by atoms with Gasteiger partial charge < -0.3 is 10.4 Å². The monoisotopic (exact) mass is 281 g/mol. The van der Waals surface area contributed by atoms with Crippen LogP contribution in [-0.2, 0) is 4.79 Å². The van der Waals surface area contributed by atoms with E-state index in [9.17, 15) is 9.90 Å². The van der Waals surface area contributed by atoms with E-state index in [1.807, 2.05) is 0 Å². The third-order valence-corrected chi connectivity index (χ3v) is 2.89. The van der Waals surface area contributed by atoms with Gasteiger partial charge in [-0.05, 0) is 12.1 Å². The van der Waals surface area contributed by atoms with Crippen molar-refractivity contribution in [3.63, 3.8) is 0 Å². The summed E-state index contributed by atoms with van der Waals surface area (Å²) < 4.78 is 0. The summed E-state index contributed by atoms with van der Waals surface area (Å²) in [5.74, 6) is -0.574. The maximum absolute atomic E-state index is 11.1. The van der Waals surface area contributed by atoms with Crippen LogP contribution < -0.4 is 5.32 Å². The quantitative estimate of drug-likeness (QED) is 0.833. The number of hydrogen-bond acceptors (Lipinski definition) is 2. The van der Waals surface area contributed by atoms with E-state index in [4.69, 9.17) is 34.8 Å². The molecule has 0 aliphatic carbocycles. The Morgan fingerprint density at radius 2 is 1.94 bits per heavy atom. The average molecular weight is 283 g/mol. The van der Waals surface area contributed by atoms with Crippen LogP contribution in [0.3, 0.4) is 0 Å². The van der Waals surface area contributed by atoms with Crippen LogP contribution in [0.5, 0.6) is 0 Å². The van der Waals surface area contributed by atoms with Gasteiger partial charge in [0.1, 0.15) is 5.88 Å². The van der Waals surface area contributed by atoms with Crippen LogP contribution in [0.15, 0.2) is 18.2 Å². The van der Waals surface area contributed by atoms with Gasteiger partial charge in [0.15, 0.2) is 0 Å². The second kappa shape index (κ2) is 6.30. The van der Waals surface area contributed by atoms with Gasteiger partial charge in [-0.1, -0.05) is 29.3 Å². The highest BCUT2D eigenvalue weighted by atomic mass is 35.5. The third-order valence-electron chi connectivity index (χ3n) is 1.99. The molecule has 1 rings (SSSR count). The topological polar surface area (TPSA) is 49.3 Å². The Morgan fingerprint density at radius 1 is 1.38 bits per heavy atom. The SMILES string of the molecule is O=C(CCl)NC(CO)c1c(Cl)cccc1Cl. The van der Waals surface area contributed by atoms with Crippen molar-refractivity contribution in [2.24, 2.45) is 0 Å². The van der Waals surface area contributed by atoms with E-state index in [1.54, 1.807) is 18.2 Å². The Balaban J connectivity index is 2.99. The number of rotatable bonds is 4. The summed E-state index contributed by atoms with van der Waals surface area (Å²) in [5, 5.41) is 12.5. The molecule has 16 heavy (non-hydrogen) atoms. The van der Waals surface area contributed by atoms with Crippen LogP contribution in [0.2, 0.25) is 10.0 Å². The molecule has 0 spiro atoms. The molecule has 0 bridgehead atoms. The van der Waals surface area contributed by atoms with E-state index >= 15 is 0 Å². The van der Waals surface area contributed by atoms with Crippen LogP contribution in [0, 0.1) is 0 Å². The molecule has 0 saturated carbocycles. The number of carbonyl (C=O) groups is 1. The molecule has 0 heterocycles. The van der Waals surface area contributed by atoms with E-state index in [-0.39, 0.29) is 12.5 Å². The molecule has 0 radical (unpaired) electrons. The molecule has 1 amide bonds. The first kappa shape index (κ1) is 13.6. The molecule has 0 fully saturated rings. The highest BCUT2D eigenvalue weighted by Crippen LogP contribution is 2.29. The summed E-state index contributed by atoms with van der Waals surface area (Å²) in [6.45, 7) is -0.300. The van der Waals surface area contributed by atoms with Crippen molar-refractivity contribution in [3.05, 3.63) is 33.8 Å². The molecular weight excluding hydrogens is 272 g/mol. The lowest BCUT2D eigenvalue weighted by molar-refractivity contribution is -0.119. The standard InChI is InChI=1S/C10H10Cl3NO2/c11-4-9(16)14-8(5-15)10-6(12)2-1-3-7(10)13/h1-3,8,15H,4-5H2,(H,14,16). The van der Waals surface area contributed by atoms with Crippen molar-refractivity contribution in [1.82, 2.24) is 5.32 Å². The van der Waals surface area contributed by atoms with E-state index in [0.29, 0.717) is 15.6 Å². The molecular formula is C10H10Cl3NO2. The van der Waals surface area contributed by atoms with Crippen LogP contribution >= 0.6 is 34.8 Å². The number of nitrogens with one attached hydrogen (secondary N) is 1. The van der Waals surface area contributed by atoms with E-state index in [2.05, 4.69) is 5.32 Å². The molecule has 1 unspecified atom stereocenters. The zero-order valence-corrected chi connectivity index (χ0v) is 10.5. The van der Waals surface area contributed by atoms with Crippen LogP contribution in [0.1, 0.15) is 11.6 Å². The van der Waals surface area contributed by atoms with Crippen molar-refractivity contribution in [2.45, 2.75) is 6.04 Å². The number of alkyl halides is 1. The van der Waals surface area contributed by atoms with Gasteiger partial charge in [0, 0.05) is 15.6 Å². The molecule has 0 aromatic heterocycles. The summed E-state index contributed by atoms with van der Waals surface area (Å²) in [4.78, 5) is 11.1. The minimum Gasteiger partial charge on any atom is -0.394 e. The molecule has 88 valence electrons. The Labute approximate surface area is 108 Å². The van der Waals surface area contributed by atoms with Crippen LogP contribution in [0.4, 0.5) is 0 Å². The fourth-order valence-corrected chi connectivity index (χ4v) is 2.02. The van der Waals surface area contributed by atoms with Gasteiger partial charge >= 0.3 is 0 Å². The minimum absolute atomic E-state index is 0.182. The predicted octanol–water partition coefficient (Wildman–Crippen LogP) is 2.38. The molecule has 0 saturated heterocycles. The van der Waals surface area contributed by atoms with Gasteiger partial charge in [-0.2, -0.15) is 0 Å². The summed E-state index contributed by atoms with van der Waals surface area (Å²) >= 11 is 17.3. The summed E-state index contributed by atoms with van der Waals surface area (Å²) in [6.07, 6.45) is 0. The largest absolute Gasteiger partial charge is 0.394 e. The molecule has 1 atom stereocenters. The second-order valence-electron chi connectivity index (χ2n) is 3.07. The summed E-state index contributed by atoms with van der Waals surface area (Å²) in [7, 11) is 0. The van der Waals surface area contributed by atoms with Gasteiger partial charge in [0.2, 0.25) is 5.91 Å². The maximum atomic E-state index is 11.1. The average Bonchev–Trinajstić information content (AvgIpc) is 2.27. The van der Waals surface area contributed by atoms with Gasteiger partial charge in [-0.3, -0.25) is 4.79 Å². The first-order valence-corrected chi connectivity index (χ1v) is 5.79. The number of halogens is 3. The number of aliphatic hydroxyl groups is 1. The Bertz CT molecular complexity index is 364. The summed E-state index contributed by atoms with van der Waals surface area (Å²) in [5.41, 5.74) is 0.492. The van der Waals surface area contributed by atoms with Crippen molar-refractivity contribution in [2.75, 3.05) is 12.5 Å². The lowest BCUT2D eigenvalue weighted by Crippen LogP contribution is -2.32. The number of aliphatic hydroxyl groups excluding tert-OH is 1. The lowest BCUT2D eigenvalue weighted by atomic mass is 10.1. The van der Waals surface area contributed by atoms with E-state index in [0.717, 1.165) is 0 Å². The van der Waals surface area contributed by atoms with Crippen molar-refractivity contribution in [1.29, 1.82) is 0 Å². The van der Waals surface area contributed by atoms with Gasteiger partial charge in [0.25, 0.3) is 0 Å². The second-order valence-corrected chi connectivity index (χ2v) is 4.15. The Kier molecular flexibility index (Phi) is 5.35. The molecule has 6 heteroatoms. The van der Waals surface area contributed by atoms with Crippen molar-refractivity contribution >= 4 is 40.7 Å². The van der Waals surface area contributed by atoms with E-state index < -0.39 is 11.9 Å². The number of carbonyl (C=O) groups excluding carboxylic acids is 1. The van der Waals surface area contributed by atoms with Crippen molar-refractivity contribution in [3.8, 4) is 0 Å². The fourth-order valence-electron chi connectivity index (χ4n) is 1.29. The fraction of sp³-hybridized carbons (Fsp3) is 0.300. The Morgan fingerprint density at radius 3 is 2.38 bits per heavy atom. The van der Waals surface area contributed by atoms with Gasteiger partial charge in [0.05, 0.1) is 12.6 Å². The highest BCUT2D eigenvalue weighted by molar-refractivity contribution is 6.36.